The Bertz CT molecular complexity index is 1290. The number of carbonyl (C=O) groups excluding carboxylic acids is 2. The third-order valence-electron chi connectivity index (χ3n) is 6.10. The van der Waals surface area contributed by atoms with E-state index in [1.54, 1.807) is 6.20 Å². The summed E-state index contributed by atoms with van der Waals surface area (Å²) in [5.74, 6) is 0. The molecule has 0 radical (unpaired) electrons. The van der Waals surface area contributed by atoms with Crippen LogP contribution in [0.1, 0.15) is 74.8 Å². The Morgan fingerprint density at radius 3 is 1.97 bits per heavy atom. The largest absolute Gasteiger partial charge is 0.444 e. The normalized spacial score (nSPS) is 12.4. The number of nitrogens with zero attached hydrogens (tertiary/aromatic N) is 3. The minimum absolute atomic E-state index is 0.456. The first kappa shape index (κ1) is 29.0. The van der Waals surface area contributed by atoms with Crippen molar-refractivity contribution in [1.29, 1.82) is 0 Å². The molecule has 1 aromatic heterocycles. The van der Waals surface area contributed by atoms with Crippen LogP contribution < -0.4 is 10.2 Å². The van der Waals surface area contributed by atoms with Crippen LogP contribution in [-0.4, -0.2) is 46.3 Å². The molecule has 1 heterocycles. The Labute approximate surface area is 226 Å². The van der Waals surface area contributed by atoms with Crippen molar-refractivity contribution in [2.75, 3.05) is 18.0 Å². The lowest BCUT2D eigenvalue weighted by Gasteiger charge is -2.29. The predicted octanol–water partition coefficient (Wildman–Crippen LogP) is 7.09. The van der Waals surface area contributed by atoms with Gasteiger partial charge in [-0.25, -0.2) is 9.59 Å². The van der Waals surface area contributed by atoms with Gasteiger partial charge in [0, 0.05) is 24.0 Å². The number of rotatable bonds is 6. The summed E-state index contributed by atoms with van der Waals surface area (Å²) in [7, 11) is 0. The molecule has 0 aliphatic rings. The molecule has 0 bridgehead atoms. The van der Waals surface area contributed by atoms with Gasteiger partial charge in [-0.2, -0.15) is 9.78 Å². The van der Waals surface area contributed by atoms with Crippen molar-refractivity contribution in [2.45, 2.75) is 86.0 Å². The minimum atomic E-state index is -0.624. The van der Waals surface area contributed by atoms with Crippen molar-refractivity contribution < 1.29 is 19.1 Å². The van der Waals surface area contributed by atoms with Crippen molar-refractivity contribution >= 4 is 28.8 Å². The first-order chi connectivity index (χ1) is 17.6. The van der Waals surface area contributed by atoms with Crippen LogP contribution in [-0.2, 0) is 15.0 Å². The average Bonchev–Trinajstić information content (AvgIpc) is 3.22. The fourth-order valence-corrected chi connectivity index (χ4v) is 4.35. The van der Waals surface area contributed by atoms with Gasteiger partial charge in [0.15, 0.2) is 0 Å². The zero-order valence-corrected chi connectivity index (χ0v) is 24.4. The number of fused-ring (bicyclic) bond motifs is 1. The highest BCUT2D eigenvalue weighted by Crippen LogP contribution is 2.38. The summed E-state index contributed by atoms with van der Waals surface area (Å²) in [6.45, 7) is 20.8. The highest BCUT2D eigenvalue weighted by molar-refractivity contribution is 6.03. The van der Waals surface area contributed by atoms with Crippen molar-refractivity contribution in [2.24, 2.45) is 0 Å². The molecule has 0 atom stereocenters. The number of anilines is 1. The highest BCUT2D eigenvalue weighted by Gasteiger charge is 2.27. The molecular formula is C30H42N4O4. The van der Waals surface area contributed by atoms with Gasteiger partial charge in [0.1, 0.15) is 11.2 Å². The number of aromatic nitrogens is 2. The molecule has 0 aliphatic heterocycles. The second kappa shape index (κ2) is 10.7. The third-order valence-corrected chi connectivity index (χ3v) is 6.10. The van der Waals surface area contributed by atoms with Gasteiger partial charge in [-0.05, 0) is 86.4 Å². The second-order valence-corrected chi connectivity index (χ2v) is 11.9. The Balaban J connectivity index is 2.02. The molecule has 0 saturated heterocycles. The average molecular weight is 523 g/mol. The Kier molecular flexibility index (Phi) is 8.15. The Hall–Kier alpha value is -3.55. The van der Waals surface area contributed by atoms with Gasteiger partial charge in [0.25, 0.3) is 0 Å². The van der Waals surface area contributed by atoms with Crippen LogP contribution in [0.4, 0.5) is 15.3 Å². The molecule has 2 aromatic carbocycles. The SMILES string of the molecule is CCN(CC)c1c(-c2ccc(C(C)(C)NC(=O)OC(C)(C)C)cc2)ccc2c1cnn2C(=O)OC(C)(C)C. The number of ether oxygens (including phenoxy) is 2. The van der Waals surface area contributed by atoms with Gasteiger partial charge in [-0.15, -0.1) is 0 Å². The van der Waals surface area contributed by atoms with Crippen LogP contribution in [0, 0.1) is 0 Å². The molecule has 38 heavy (non-hydrogen) atoms. The van der Waals surface area contributed by atoms with E-state index in [0.717, 1.165) is 40.9 Å². The molecule has 3 aromatic rings. The fourth-order valence-electron chi connectivity index (χ4n) is 4.35. The van der Waals surface area contributed by atoms with Gasteiger partial charge in [0.05, 0.1) is 22.9 Å². The minimum Gasteiger partial charge on any atom is -0.444 e. The van der Waals surface area contributed by atoms with Gasteiger partial charge < -0.3 is 19.7 Å². The topological polar surface area (TPSA) is 85.7 Å². The summed E-state index contributed by atoms with van der Waals surface area (Å²) >= 11 is 0. The van der Waals surface area contributed by atoms with E-state index in [1.165, 1.54) is 4.68 Å². The lowest BCUT2D eigenvalue weighted by molar-refractivity contribution is 0.0468. The Morgan fingerprint density at radius 1 is 0.868 bits per heavy atom. The highest BCUT2D eigenvalue weighted by atomic mass is 16.6. The summed E-state index contributed by atoms with van der Waals surface area (Å²) in [6.07, 6.45) is 0.774. The second-order valence-electron chi connectivity index (χ2n) is 11.9. The van der Waals surface area contributed by atoms with E-state index >= 15 is 0 Å². The summed E-state index contributed by atoms with van der Waals surface area (Å²) < 4.78 is 12.3. The Morgan fingerprint density at radius 2 is 1.45 bits per heavy atom. The van der Waals surface area contributed by atoms with Gasteiger partial charge >= 0.3 is 12.2 Å². The van der Waals surface area contributed by atoms with Crippen LogP contribution in [0.5, 0.6) is 0 Å². The van der Waals surface area contributed by atoms with E-state index in [-0.39, 0.29) is 0 Å². The third kappa shape index (κ3) is 6.65. The van der Waals surface area contributed by atoms with E-state index < -0.39 is 28.9 Å². The number of alkyl carbamates (subject to hydrolysis) is 1. The van der Waals surface area contributed by atoms with Crippen LogP contribution in [0.2, 0.25) is 0 Å². The molecular weight excluding hydrogens is 480 g/mol. The zero-order valence-electron chi connectivity index (χ0n) is 24.4. The fraction of sp³-hybridized carbons (Fsp3) is 0.500. The van der Waals surface area contributed by atoms with E-state index in [4.69, 9.17) is 9.47 Å². The van der Waals surface area contributed by atoms with E-state index in [2.05, 4.69) is 41.3 Å². The molecule has 8 nitrogen and oxygen atoms in total. The molecule has 0 unspecified atom stereocenters. The molecule has 1 N–H and O–H groups in total. The lowest BCUT2D eigenvalue weighted by atomic mass is 9.91. The number of benzene rings is 2. The van der Waals surface area contributed by atoms with Gasteiger partial charge in [-0.1, -0.05) is 30.3 Å². The molecule has 8 heteroatoms. The van der Waals surface area contributed by atoms with Gasteiger partial charge in [0.2, 0.25) is 0 Å². The molecule has 0 fully saturated rings. The van der Waals surface area contributed by atoms with Crippen molar-refractivity contribution in [3.05, 3.63) is 48.2 Å². The number of hydrogen-bond acceptors (Lipinski definition) is 6. The van der Waals surface area contributed by atoms with Crippen LogP contribution in [0.15, 0.2) is 42.6 Å². The quantitative estimate of drug-likeness (QED) is 0.372. The monoisotopic (exact) mass is 522 g/mol. The van der Waals surface area contributed by atoms with Crippen molar-refractivity contribution in [3.63, 3.8) is 0 Å². The summed E-state index contributed by atoms with van der Waals surface area (Å²) in [5.41, 5.74) is 2.91. The predicted molar refractivity (Wildman–Crippen MR) is 153 cm³/mol. The van der Waals surface area contributed by atoms with E-state index in [1.807, 2.05) is 79.7 Å². The molecule has 3 rings (SSSR count). The van der Waals surface area contributed by atoms with Crippen LogP contribution in [0.3, 0.4) is 0 Å². The number of hydrogen-bond donors (Lipinski definition) is 1. The first-order valence-corrected chi connectivity index (χ1v) is 13.2. The van der Waals surface area contributed by atoms with Crippen LogP contribution >= 0.6 is 0 Å². The van der Waals surface area contributed by atoms with Crippen molar-refractivity contribution in [3.8, 4) is 11.1 Å². The molecule has 0 aliphatic carbocycles. The maximum atomic E-state index is 12.8. The number of amides is 1. The van der Waals surface area contributed by atoms with Crippen LogP contribution in [0.25, 0.3) is 22.0 Å². The van der Waals surface area contributed by atoms with E-state index in [9.17, 15) is 9.59 Å². The molecule has 1 amide bonds. The molecule has 0 saturated carbocycles. The smallest absolute Gasteiger partial charge is 0.435 e. The maximum absolute atomic E-state index is 12.8. The summed E-state index contributed by atoms with van der Waals surface area (Å²) in [6, 6.07) is 12.1. The summed E-state index contributed by atoms with van der Waals surface area (Å²) in [4.78, 5) is 27.5. The molecule has 206 valence electrons. The first-order valence-electron chi connectivity index (χ1n) is 13.2. The maximum Gasteiger partial charge on any atom is 0.435 e. The van der Waals surface area contributed by atoms with Crippen molar-refractivity contribution in [1.82, 2.24) is 15.1 Å². The van der Waals surface area contributed by atoms with Gasteiger partial charge in [-0.3, -0.25) is 0 Å². The zero-order chi connectivity index (χ0) is 28.5. The number of nitrogens with one attached hydrogen (secondary N) is 1. The molecule has 0 spiro atoms. The standard InChI is InChI=1S/C30H42N4O4/c1-11-33(12-2)25-22(17-18-24-23(25)19-31-34(24)27(36)38-29(6,7)8)20-13-15-21(16-14-20)30(9,10)32-26(35)37-28(3,4)5/h13-19H,11-12H2,1-10H3,(H,32,35). The summed E-state index contributed by atoms with van der Waals surface area (Å²) in [5, 5.41) is 8.24. The van der Waals surface area contributed by atoms with E-state index in [0.29, 0.717) is 5.52 Å². The number of carbonyl (C=O) groups is 2. The lowest BCUT2D eigenvalue weighted by Crippen LogP contribution is -2.43.